The summed E-state index contributed by atoms with van der Waals surface area (Å²) in [6, 6.07) is 0. The standard InChI is InChI=1S/C16H26O2/c1-10-5-7-13-11(2)6-8-14(15(13)9-10)12(3)16(17)18-4/h9,11-15H,5-8H2,1-4H3/t11-,12?,13?,14?,15?/m1/s1/i1+1D3. The third-order valence-corrected chi connectivity index (χ3v) is 5.03. The van der Waals surface area contributed by atoms with Crippen LogP contribution in [0.15, 0.2) is 11.6 Å². The van der Waals surface area contributed by atoms with E-state index in [1.807, 2.05) is 13.0 Å². The Morgan fingerprint density at radius 3 is 2.94 bits per heavy atom. The molecular weight excluding hydrogens is 225 g/mol. The number of esters is 1. The van der Waals surface area contributed by atoms with Crippen LogP contribution in [0.3, 0.4) is 0 Å². The second kappa shape index (κ2) is 5.46. The molecule has 0 amide bonds. The monoisotopic (exact) mass is 254 g/mol. The molecule has 5 atom stereocenters. The Bertz CT molecular complexity index is 428. The van der Waals surface area contributed by atoms with Crippen LogP contribution in [0.1, 0.15) is 50.5 Å². The molecule has 0 spiro atoms. The third kappa shape index (κ3) is 2.48. The first-order chi connectivity index (χ1) is 9.75. The number of carbonyl (C=O) groups excluding carboxylic acids is 1. The molecule has 102 valence electrons. The van der Waals surface area contributed by atoms with Gasteiger partial charge in [-0.25, -0.2) is 0 Å². The van der Waals surface area contributed by atoms with Crippen LogP contribution in [-0.4, -0.2) is 13.1 Å². The van der Waals surface area contributed by atoms with E-state index in [2.05, 4.69) is 6.92 Å². The highest BCUT2D eigenvalue weighted by Gasteiger charge is 2.41. The Hall–Kier alpha value is -0.790. The van der Waals surface area contributed by atoms with Crippen molar-refractivity contribution in [3.8, 4) is 0 Å². The van der Waals surface area contributed by atoms with Gasteiger partial charge in [0.2, 0.25) is 0 Å². The van der Waals surface area contributed by atoms with Crippen molar-refractivity contribution in [1.29, 1.82) is 0 Å². The number of methoxy groups -OCH3 is 1. The number of hydrogen-bond donors (Lipinski definition) is 0. The fourth-order valence-electron chi connectivity index (χ4n) is 3.86. The van der Waals surface area contributed by atoms with E-state index < -0.39 is 6.85 Å². The summed E-state index contributed by atoms with van der Waals surface area (Å²) in [6.45, 7) is 2.18. The van der Waals surface area contributed by atoms with Gasteiger partial charge in [0.1, 0.15) is 0 Å². The molecule has 0 heterocycles. The molecule has 0 radical (unpaired) electrons. The predicted octanol–water partition coefficient (Wildman–Crippen LogP) is 3.81. The molecule has 0 saturated heterocycles. The Labute approximate surface area is 115 Å². The highest BCUT2D eigenvalue weighted by Crippen LogP contribution is 2.48. The second-order valence-corrected chi connectivity index (χ2v) is 6.00. The summed E-state index contributed by atoms with van der Waals surface area (Å²) in [4.78, 5) is 11.9. The van der Waals surface area contributed by atoms with Gasteiger partial charge in [-0.05, 0) is 49.8 Å². The Morgan fingerprint density at radius 2 is 2.28 bits per heavy atom. The van der Waals surface area contributed by atoms with Crippen molar-refractivity contribution in [1.82, 2.24) is 0 Å². The van der Waals surface area contributed by atoms with Crippen LogP contribution in [0.5, 0.6) is 0 Å². The minimum absolute atomic E-state index is 0.165. The molecular formula is C16H26O2. The molecule has 0 aliphatic heterocycles. The van der Waals surface area contributed by atoms with E-state index in [-0.39, 0.29) is 23.7 Å². The first-order valence-corrected chi connectivity index (χ1v) is 7.04. The average molecular weight is 254 g/mol. The SMILES string of the molecule is [2H][13C]([2H])([2H])C1=CC2C(C(C)C(=O)OC)CC[C@@H](C)C2CC1. The van der Waals surface area contributed by atoms with Gasteiger partial charge in [-0.15, -0.1) is 0 Å². The van der Waals surface area contributed by atoms with Gasteiger partial charge < -0.3 is 4.74 Å². The molecule has 0 bridgehead atoms. The minimum Gasteiger partial charge on any atom is -0.469 e. The Morgan fingerprint density at radius 1 is 1.50 bits per heavy atom. The summed E-state index contributed by atoms with van der Waals surface area (Å²) in [6.07, 6.45) is 5.66. The van der Waals surface area contributed by atoms with Gasteiger partial charge in [0.15, 0.2) is 0 Å². The maximum absolute atomic E-state index is 11.9. The van der Waals surface area contributed by atoms with E-state index in [0.717, 1.165) is 19.3 Å². The number of carbonyl (C=O) groups is 1. The van der Waals surface area contributed by atoms with Crippen LogP contribution < -0.4 is 0 Å². The van der Waals surface area contributed by atoms with Gasteiger partial charge in [0.05, 0.1) is 13.0 Å². The molecule has 1 fully saturated rings. The molecule has 4 unspecified atom stereocenters. The number of ether oxygens (including phenoxy) is 1. The van der Waals surface area contributed by atoms with Crippen molar-refractivity contribution < 1.29 is 13.6 Å². The molecule has 0 aromatic heterocycles. The molecule has 0 aromatic carbocycles. The fraction of sp³-hybridized carbons (Fsp3) is 0.812. The molecule has 2 heteroatoms. The maximum atomic E-state index is 11.9. The first-order valence-electron chi connectivity index (χ1n) is 8.54. The number of fused-ring (bicyclic) bond motifs is 1. The summed E-state index contributed by atoms with van der Waals surface area (Å²) in [5, 5.41) is 0. The molecule has 2 aliphatic carbocycles. The Balaban J connectivity index is 2.29. The molecule has 2 rings (SSSR count). The van der Waals surface area contributed by atoms with E-state index >= 15 is 0 Å². The van der Waals surface area contributed by atoms with Crippen LogP contribution in [0, 0.1) is 29.6 Å². The summed E-state index contributed by atoms with van der Waals surface area (Å²) in [5.74, 6) is 1.17. The lowest BCUT2D eigenvalue weighted by molar-refractivity contribution is -0.148. The van der Waals surface area contributed by atoms with Crippen molar-refractivity contribution in [2.45, 2.75) is 46.4 Å². The zero-order chi connectivity index (χ0) is 15.8. The highest BCUT2D eigenvalue weighted by molar-refractivity contribution is 5.72. The smallest absolute Gasteiger partial charge is 0.308 e. The van der Waals surface area contributed by atoms with Gasteiger partial charge in [-0.3, -0.25) is 4.79 Å². The number of hydrogen-bond acceptors (Lipinski definition) is 2. The van der Waals surface area contributed by atoms with Gasteiger partial charge in [-0.2, -0.15) is 0 Å². The molecule has 0 aromatic rings. The molecule has 18 heavy (non-hydrogen) atoms. The summed E-state index contributed by atoms with van der Waals surface area (Å²) >= 11 is 0. The average Bonchev–Trinajstić information content (AvgIpc) is 2.45. The highest BCUT2D eigenvalue weighted by atomic mass is 16.5. The van der Waals surface area contributed by atoms with E-state index in [4.69, 9.17) is 8.85 Å². The van der Waals surface area contributed by atoms with Crippen LogP contribution in [0.2, 0.25) is 0 Å². The number of allylic oxidation sites excluding steroid dienone is 2. The van der Waals surface area contributed by atoms with Crippen molar-refractivity contribution in [2.75, 3.05) is 7.11 Å². The lowest BCUT2D eigenvalue weighted by Gasteiger charge is -2.45. The molecule has 1 saturated carbocycles. The lowest BCUT2D eigenvalue weighted by atomic mass is 9.60. The van der Waals surface area contributed by atoms with Gasteiger partial charge in [-0.1, -0.05) is 31.9 Å². The van der Waals surface area contributed by atoms with Crippen LogP contribution in [0.4, 0.5) is 0 Å². The van der Waals surface area contributed by atoms with Gasteiger partial charge in [0, 0.05) is 4.11 Å². The fourth-order valence-corrected chi connectivity index (χ4v) is 3.86. The summed E-state index contributed by atoms with van der Waals surface area (Å²) in [5.41, 5.74) is 0.583. The van der Waals surface area contributed by atoms with Crippen molar-refractivity contribution in [3.05, 3.63) is 11.6 Å². The van der Waals surface area contributed by atoms with Crippen molar-refractivity contribution in [2.24, 2.45) is 29.6 Å². The maximum Gasteiger partial charge on any atom is 0.308 e. The zero-order valence-corrected chi connectivity index (χ0v) is 11.6. The third-order valence-electron chi connectivity index (χ3n) is 5.03. The molecule has 2 nitrogen and oxygen atoms in total. The largest absolute Gasteiger partial charge is 0.469 e. The zero-order valence-electron chi connectivity index (χ0n) is 14.6. The Kier molecular flexibility index (Phi) is 3.05. The second-order valence-electron chi connectivity index (χ2n) is 6.00. The van der Waals surface area contributed by atoms with E-state index in [9.17, 15) is 4.79 Å². The van der Waals surface area contributed by atoms with Crippen LogP contribution >= 0.6 is 0 Å². The predicted molar refractivity (Wildman–Crippen MR) is 73.0 cm³/mol. The lowest BCUT2D eigenvalue weighted by Crippen LogP contribution is -2.39. The van der Waals surface area contributed by atoms with Gasteiger partial charge >= 0.3 is 5.97 Å². The van der Waals surface area contributed by atoms with E-state index in [1.54, 1.807) is 0 Å². The van der Waals surface area contributed by atoms with E-state index in [0.29, 0.717) is 23.8 Å². The normalized spacial score (nSPS) is 40.6. The molecule has 0 N–H and O–H groups in total. The van der Waals surface area contributed by atoms with Crippen LogP contribution in [-0.2, 0) is 9.53 Å². The summed E-state index contributed by atoms with van der Waals surface area (Å²) in [7, 11) is 1.42. The summed E-state index contributed by atoms with van der Waals surface area (Å²) < 4.78 is 27.8. The van der Waals surface area contributed by atoms with Crippen molar-refractivity contribution >= 4 is 5.97 Å². The number of rotatable bonds is 2. The quantitative estimate of drug-likeness (QED) is 0.425. The van der Waals surface area contributed by atoms with Crippen molar-refractivity contribution in [3.63, 3.8) is 0 Å². The minimum atomic E-state index is -2.00. The topological polar surface area (TPSA) is 26.3 Å². The molecule has 2 aliphatic rings. The first kappa shape index (κ1) is 10.1. The van der Waals surface area contributed by atoms with Gasteiger partial charge in [0.25, 0.3) is 0 Å². The van der Waals surface area contributed by atoms with E-state index in [1.165, 1.54) is 7.11 Å². The van der Waals surface area contributed by atoms with Crippen LogP contribution in [0.25, 0.3) is 0 Å².